The van der Waals surface area contributed by atoms with Gasteiger partial charge in [0.2, 0.25) is 0 Å². The third kappa shape index (κ3) is 6.22. The Kier molecular flexibility index (Phi) is 9.23. The largest absolute Gasteiger partial charge is 0.309 e. The van der Waals surface area contributed by atoms with E-state index in [1.807, 2.05) is 11.3 Å². The van der Waals surface area contributed by atoms with Crippen LogP contribution in [0.15, 0.2) is 256 Å². The molecule has 0 radical (unpaired) electrons. The molecule has 10 rings (SSSR count). The second-order valence-electron chi connectivity index (χ2n) is 14.1. The number of hydrogen-bond donors (Lipinski definition) is 0. The molecule has 0 unspecified atom stereocenters. The highest BCUT2D eigenvalue weighted by atomic mass is 32.3. The van der Waals surface area contributed by atoms with E-state index >= 15 is 0 Å². The van der Waals surface area contributed by atoms with E-state index in [-0.39, 0.29) is 0 Å². The molecule has 9 aromatic carbocycles. The summed E-state index contributed by atoms with van der Waals surface area (Å²) in [6.07, 6.45) is 0. The minimum absolute atomic E-state index is 1.11. The van der Waals surface area contributed by atoms with Crippen LogP contribution in [-0.4, -0.2) is 0 Å². The topological polar surface area (TPSA) is 3.24 Å². The highest BCUT2D eigenvalue weighted by molar-refractivity contribution is 8.34. The minimum atomic E-state index is -1.82. The molecule has 1 aromatic heterocycles. The Labute approximate surface area is 340 Å². The molecule has 1 heterocycles. The normalized spacial score (nSPS) is 11.8. The highest BCUT2D eigenvalue weighted by Gasteiger charge is 2.33. The van der Waals surface area contributed by atoms with Gasteiger partial charge in [0.1, 0.15) is 0 Å². The SMILES string of the molecule is c1ccc(-c2ccc(N(c3ccc(S(c4ccccc4)(c4ccccc4)c4ccccc4)cc3)c3cccc4c3sc3c(-c5ccccc5)cccc34)cc2)cc1. The van der Waals surface area contributed by atoms with Gasteiger partial charge in [0, 0.05) is 46.4 Å². The molecule has 1 nitrogen and oxygen atoms in total. The summed E-state index contributed by atoms with van der Waals surface area (Å²) >= 11 is 1.89. The van der Waals surface area contributed by atoms with E-state index in [1.54, 1.807) is 0 Å². The fourth-order valence-electron chi connectivity index (χ4n) is 8.18. The first-order chi connectivity index (χ1) is 28.3. The summed E-state index contributed by atoms with van der Waals surface area (Å²) in [6, 6.07) is 86.6. The lowest BCUT2D eigenvalue weighted by molar-refractivity contribution is 1.23. The van der Waals surface area contributed by atoms with Crippen molar-refractivity contribution in [3.8, 4) is 22.3 Å². The fourth-order valence-corrected chi connectivity index (χ4v) is 13.4. The van der Waals surface area contributed by atoms with E-state index in [1.165, 1.54) is 67.7 Å². The van der Waals surface area contributed by atoms with Crippen molar-refractivity contribution in [2.75, 3.05) is 4.90 Å². The summed E-state index contributed by atoms with van der Waals surface area (Å²) in [5.74, 6) is 0. The van der Waals surface area contributed by atoms with Crippen molar-refractivity contribution in [1.29, 1.82) is 0 Å². The Bertz CT molecular complexity index is 2810. The Balaban J connectivity index is 1.18. The monoisotopic (exact) mass is 765 g/mol. The van der Waals surface area contributed by atoms with E-state index in [2.05, 4.69) is 241 Å². The summed E-state index contributed by atoms with van der Waals surface area (Å²) in [4.78, 5) is 7.68. The lowest BCUT2D eigenvalue weighted by atomic mass is 10.0. The van der Waals surface area contributed by atoms with E-state index in [4.69, 9.17) is 0 Å². The predicted octanol–water partition coefficient (Wildman–Crippen LogP) is 16.2. The molecule has 57 heavy (non-hydrogen) atoms. The van der Waals surface area contributed by atoms with Gasteiger partial charge in [0.15, 0.2) is 0 Å². The summed E-state index contributed by atoms with van der Waals surface area (Å²) in [5.41, 5.74) is 8.31. The van der Waals surface area contributed by atoms with E-state index in [0.29, 0.717) is 0 Å². The smallest absolute Gasteiger partial charge is 0.0640 e. The third-order valence-electron chi connectivity index (χ3n) is 10.8. The van der Waals surface area contributed by atoms with Gasteiger partial charge >= 0.3 is 0 Å². The van der Waals surface area contributed by atoms with Crippen molar-refractivity contribution >= 4 is 58.6 Å². The molecule has 0 bridgehead atoms. The van der Waals surface area contributed by atoms with E-state index in [9.17, 15) is 0 Å². The average molecular weight is 766 g/mol. The molecule has 272 valence electrons. The van der Waals surface area contributed by atoms with E-state index in [0.717, 1.165) is 11.4 Å². The van der Waals surface area contributed by atoms with Crippen LogP contribution in [0.5, 0.6) is 0 Å². The van der Waals surface area contributed by atoms with Crippen molar-refractivity contribution in [1.82, 2.24) is 0 Å². The molecule has 10 aromatic rings. The molecule has 0 atom stereocenters. The molecule has 0 N–H and O–H groups in total. The lowest BCUT2D eigenvalue weighted by Gasteiger charge is -2.42. The van der Waals surface area contributed by atoms with Gasteiger partial charge in [-0.2, -0.15) is 0 Å². The standard InChI is InChI=1S/C54H39NS2/c1-6-18-40(19-7-1)41-32-34-43(35-33-41)55(52-31-17-30-51-50-29-16-28-49(53(50)56-54(51)52)42-20-8-2-9-21-42)44-36-38-48(39-37-44)57(45-22-10-3-11-23-45,46-24-12-4-13-25-46)47-26-14-5-15-27-47/h1-39H. The number of rotatable bonds is 9. The molecular weight excluding hydrogens is 727 g/mol. The maximum Gasteiger partial charge on any atom is 0.0640 e. The molecule has 0 amide bonds. The molecule has 0 fully saturated rings. The number of anilines is 3. The van der Waals surface area contributed by atoms with Gasteiger partial charge in [-0.05, 0) is 101 Å². The first-order valence-corrected chi connectivity index (χ1v) is 21.8. The van der Waals surface area contributed by atoms with Crippen LogP contribution in [0.1, 0.15) is 0 Å². The van der Waals surface area contributed by atoms with Gasteiger partial charge < -0.3 is 4.90 Å². The van der Waals surface area contributed by atoms with Gasteiger partial charge in [-0.3, -0.25) is 0 Å². The molecule has 3 heteroatoms. The zero-order valence-electron chi connectivity index (χ0n) is 31.3. The van der Waals surface area contributed by atoms with Gasteiger partial charge in [-0.25, -0.2) is 0 Å². The maximum absolute atomic E-state index is 2.45. The summed E-state index contributed by atoms with van der Waals surface area (Å²) in [6.45, 7) is 0. The summed E-state index contributed by atoms with van der Waals surface area (Å²) in [7, 11) is -1.82. The molecular formula is C54H39NS2. The molecule has 0 saturated heterocycles. The van der Waals surface area contributed by atoms with Crippen LogP contribution in [0.25, 0.3) is 42.4 Å². The van der Waals surface area contributed by atoms with Crippen LogP contribution in [0, 0.1) is 0 Å². The maximum atomic E-state index is 2.45. The molecule has 0 saturated carbocycles. The van der Waals surface area contributed by atoms with Crippen molar-refractivity contribution in [3.63, 3.8) is 0 Å². The Morgan fingerprint density at radius 1 is 0.298 bits per heavy atom. The second kappa shape index (κ2) is 15.1. The van der Waals surface area contributed by atoms with Crippen molar-refractivity contribution in [2.24, 2.45) is 0 Å². The fraction of sp³-hybridized carbons (Fsp3) is 0. The lowest BCUT2D eigenvalue weighted by Crippen LogP contribution is -2.11. The molecule has 0 aliphatic heterocycles. The van der Waals surface area contributed by atoms with Crippen molar-refractivity contribution in [3.05, 3.63) is 237 Å². The summed E-state index contributed by atoms with van der Waals surface area (Å²) < 4.78 is 2.58. The van der Waals surface area contributed by atoms with Crippen LogP contribution in [-0.2, 0) is 0 Å². The molecule has 0 aliphatic rings. The van der Waals surface area contributed by atoms with Gasteiger partial charge in [-0.1, -0.05) is 158 Å². The number of fused-ring (bicyclic) bond motifs is 3. The molecule has 0 spiro atoms. The Morgan fingerprint density at radius 2 is 0.702 bits per heavy atom. The van der Waals surface area contributed by atoms with Crippen LogP contribution >= 0.6 is 21.4 Å². The third-order valence-corrected chi connectivity index (χ3v) is 16.0. The number of benzene rings is 9. The number of hydrogen-bond acceptors (Lipinski definition) is 2. The van der Waals surface area contributed by atoms with Crippen LogP contribution in [0.4, 0.5) is 17.1 Å². The van der Waals surface area contributed by atoms with Crippen LogP contribution in [0.3, 0.4) is 0 Å². The highest BCUT2D eigenvalue weighted by Crippen LogP contribution is 2.73. The first-order valence-electron chi connectivity index (χ1n) is 19.3. The predicted molar refractivity (Wildman–Crippen MR) is 245 cm³/mol. The second-order valence-corrected chi connectivity index (χ2v) is 18.2. The zero-order chi connectivity index (χ0) is 38.0. The van der Waals surface area contributed by atoms with Crippen molar-refractivity contribution in [2.45, 2.75) is 19.6 Å². The number of thiophene rings is 1. The minimum Gasteiger partial charge on any atom is -0.309 e. The van der Waals surface area contributed by atoms with Crippen LogP contribution < -0.4 is 4.90 Å². The zero-order valence-corrected chi connectivity index (χ0v) is 32.9. The van der Waals surface area contributed by atoms with Gasteiger partial charge in [-0.15, -0.1) is 21.4 Å². The Morgan fingerprint density at radius 3 is 1.23 bits per heavy atom. The average Bonchev–Trinajstić information content (AvgIpc) is 3.69. The van der Waals surface area contributed by atoms with Crippen LogP contribution in [0.2, 0.25) is 0 Å². The first kappa shape index (κ1) is 34.8. The molecule has 0 aliphatic carbocycles. The van der Waals surface area contributed by atoms with Crippen molar-refractivity contribution < 1.29 is 0 Å². The summed E-state index contributed by atoms with van der Waals surface area (Å²) in [5, 5.41) is 2.56. The quantitative estimate of drug-likeness (QED) is 0.141. The van der Waals surface area contributed by atoms with Gasteiger partial charge in [0.25, 0.3) is 0 Å². The number of nitrogens with zero attached hydrogens (tertiary/aromatic N) is 1. The Hall–Kier alpha value is -6.65. The van der Waals surface area contributed by atoms with Gasteiger partial charge in [0.05, 0.1) is 10.4 Å². The van der Waals surface area contributed by atoms with E-state index < -0.39 is 10.0 Å².